The van der Waals surface area contributed by atoms with Gasteiger partial charge in [0.05, 0.1) is 45.8 Å². The van der Waals surface area contributed by atoms with E-state index in [1.807, 2.05) is 97.9 Å². The predicted octanol–water partition coefficient (Wildman–Crippen LogP) is 11.4. The largest absolute Gasteiger partial charge is 0.262 e. The van der Waals surface area contributed by atoms with E-state index in [1.165, 1.54) is 12.1 Å². The number of halogens is 4. The van der Waals surface area contributed by atoms with E-state index in [0.29, 0.717) is 27.8 Å². The Balaban J connectivity index is 1.40. The monoisotopic (exact) mass is 646 g/mol. The zero-order valence-electron chi connectivity index (χ0n) is 25.8. The molecule has 49 heavy (non-hydrogen) atoms. The van der Waals surface area contributed by atoms with Crippen LogP contribution in [0.5, 0.6) is 0 Å². The molecule has 234 valence electrons. The highest BCUT2D eigenvalue weighted by Gasteiger charge is 2.27. The molecule has 0 aliphatic carbocycles. The zero-order valence-corrected chi connectivity index (χ0v) is 25.8. The lowest BCUT2D eigenvalue weighted by atomic mass is 9.93. The Morgan fingerprint density at radius 1 is 0.510 bits per heavy atom. The van der Waals surface area contributed by atoms with Crippen molar-refractivity contribution in [2.75, 3.05) is 0 Å². The molecule has 0 fully saturated rings. The number of benzene rings is 6. The summed E-state index contributed by atoms with van der Waals surface area (Å²) in [5.41, 5.74) is 5.22. The van der Waals surface area contributed by atoms with Crippen LogP contribution in [-0.2, 0) is 0 Å². The van der Waals surface area contributed by atoms with E-state index in [-0.39, 0.29) is 5.56 Å². The first kappa shape index (κ1) is 29.9. The van der Waals surface area contributed by atoms with E-state index >= 15 is 0 Å². The molecule has 0 bridgehead atoms. The molecule has 8 rings (SSSR count). The van der Waals surface area contributed by atoms with Gasteiger partial charge in [0.2, 0.25) is 0 Å². The third kappa shape index (κ3) is 4.78. The van der Waals surface area contributed by atoms with Gasteiger partial charge in [-0.1, -0.05) is 103 Å². The Hall–Kier alpha value is -6.46. The highest BCUT2D eigenvalue weighted by atomic mass is 19.2. The van der Waals surface area contributed by atoms with Crippen LogP contribution < -0.4 is 0 Å². The summed E-state index contributed by atoms with van der Waals surface area (Å²) in [5.74, 6) is -6.72. The van der Waals surface area contributed by atoms with Gasteiger partial charge in [0.15, 0.2) is 23.3 Å². The quantitative estimate of drug-likeness (QED) is 0.0827. The third-order valence-corrected chi connectivity index (χ3v) is 8.69. The van der Waals surface area contributed by atoms with Gasteiger partial charge in [0, 0.05) is 32.8 Å². The average molecular weight is 647 g/mol. The number of rotatable bonds is 4. The van der Waals surface area contributed by atoms with Crippen molar-refractivity contribution in [2.45, 2.75) is 6.92 Å². The molecule has 0 spiro atoms. The topological polar surface area (TPSA) is 43.0 Å². The molecule has 0 N–H and O–H groups in total. The first-order chi connectivity index (χ1) is 23.9. The molecule has 2 aromatic heterocycles. The molecule has 2 heterocycles. The van der Waals surface area contributed by atoms with Crippen LogP contribution in [0, 0.1) is 36.8 Å². The fourth-order valence-corrected chi connectivity index (χ4v) is 6.42. The van der Waals surface area contributed by atoms with E-state index < -0.39 is 34.5 Å². The van der Waals surface area contributed by atoms with Crippen LogP contribution in [0.2, 0.25) is 0 Å². The highest BCUT2D eigenvalue weighted by molar-refractivity contribution is 6.22. The van der Waals surface area contributed by atoms with Crippen molar-refractivity contribution in [1.82, 2.24) is 15.0 Å². The molecule has 8 aromatic rings. The van der Waals surface area contributed by atoms with Crippen molar-refractivity contribution in [3.63, 3.8) is 0 Å². The van der Waals surface area contributed by atoms with E-state index in [1.54, 1.807) is 12.1 Å². The van der Waals surface area contributed by atoms with Crippen LogP contribution in [0.25, 0.3) is 82.5 Å². The second kappa shape index (κ2) is 11.7. The Kier molecular flexibility index (Phi) is 7.11. The van der Waals surface area contributed by atoms with Crippen LogP contribution in [0.1, 0.15) is 5.56 Å². The molecule has 0 atom stereocenters. The van der Waals surface area contributed by atoms with Gasteiger partial charge in [0.25, 0.3) is 5.69 Å². The molecule has 6 aromatic carbocycles. The maximum Gasteiger partial charge on any atom is 0.262 e. The highest BCUT2D eigenvalue weighted by Crippen LogP contribution is 2.42. The summed E-state index contributed by atoms with van der Waals surface area (Å²) in [6.45, 7) is 8.88. The minimum Gasteiger partial charge on any atom is -0.247 e. The fraction of sp³-hybridized carbons (Fsp3) is 0.0244. The number of fused-ring (bicyclic) bond motifs is 5. The van der Waals surface area contributed by atoms with Crippen molar-refractivity contribution >= 4 is 38.4 Å². The number of pyridine rings is 1. The van der Waals surface area contributed by atoms with E-state index in [2.05, 4.69) is 4.85 Å². The van der Waals surface area contributed by atoms with E-state index in [4.69, 9.17) is 21.5 Å². The molecule has 0 unspecified atom stereocenters. The van der Waals surface area contributed by atoms with Crippen LogP contribution >= 0.6 is 0 Å². The second-order valence-electron chi connectivity index (χ2n) is 11.6. The predicted molar refractivity (Wildman–Crippen MR) is 185 cm³/mol. The number of hydrogen-bond donors (Lipinski definition) is 0. The fourth-order valence-electron chi connectivity index (χ4n) is 6.42. The molecular weight excluding hydrogens is 624 g/mol. The van der Waals surface area contributed by atoms with Gasteiger partial charge in [-0.15, -0.1) is 0 Å². The first-order valence-corrected chi connectivity index (χ1v) is 15.3. The summed E-state index contributed by atoms with van der Waals surface area (Å²) < 4.78 is 58.8. The molecule has 0 saturated heterocycles. The maximum absolute atomic E-state index is 14.9. The molecule has 4 nitrogen and oxygen atoms in total. The summed E-state index contributed by atoms with van der Waals surface area (Å²) in [6, 6.07) is 35.5. The molecular formula is C41H22F4N4. The van der Waals surface area contributed by atoms with Crippen molar-refractivity contribution in [3.05, 3.63) is 156 Å². The first-order valence-electron chi connectivity index (χ1n) is 15.3. The van der Waals surface area contributed by atoms with Crippen LogP contribution in [0.4, 0.5) is 23.2 Å². The van der Waals surface area contributed by atoms with Crippen molar-refractivity contribution in [1.29, 1.82) is 0 Å². The summed E-state index contributed by atoms with van der Waals surface area (Å²) in [4.78, 5) is 18.1. The summed E-state index contributed by atoms with van der Waals surface area (Å²) in [6.07, 6.45) is 0. The second-order valence-corrected chi connectivity index (χ2v) is 11.6. The van der Waals surface area contributed by atoms with Gasteiger partial charge in [-0.05, 0) is 30.2 Å². The Labute approximate surface area is 277 Å². The Morgan fingerprint density at radius 3 is 1.63 bits per heavy atom. The Morgan fingerprint density at radius 2 is 1.02 bits per heavy atom. The number of para-hydroxylation sites is 1. The summed E-state index contributed by atoms with van der Waals surface area (Å²) in [7, 11) is 0. The minimum absolute atomic E-state index is 0.0906. The molecule has 0 saturated carbocycles. The lowest BCUT2D eigenvalue weighted by Crippen LogP contribution is -2.00. The zero-order chi connectivity index (χ0) is 33.8. The third-order valence-electron chi connectivity index (χ3n) is 8.69. The van der Waals surface area contributed by atoms with Gasteiger partial charge < -0.3 is 0 Å². The van der Waals surface area contributed by atoms with Gasteiger partial charge in [-0.3, -0.25) is 0 Å². The number of aromatic nitrogens is 3. The van der Waals surface area contributed by atoms with Crippen molar-refractivity contribution in [2.24, 2.45) is 0 Å². The van der Waals surface area contributed by atoms with Gasteiger partial charge in [-0.2, -0.15) is 0 Å². The average Bonchev–Trinajstić information content (AvgIpc) is 3.14. The van der Waals surface area contributed by atoms with Crippen molar-refractivity contribution in [3.8, 4) is 44.9 Å². The molecule has 0 amide bonds. The maximum atomic E-state index is 14.9. The Bertz CT molecular complexity index is 2620. The van der Waals surface area contributed by atoms with E-state index in [9.17, 15) is 17.6 Å². The van der Waals surface area contributed by atoms with Gasteiger partial charge in [0.1, 0.15) is 0 Å². The number of nitrogens with zero attached hydrogens (tertiary/aromatic N) is 4. The summed E-state index contributed by atoms with van der Waals surface area (Å²) >= 11 is 0. The lowest BCUT2D eigenvalue weighted by molar-refractivity contribution is 0.465. The molecule has 0 radical (unpaired) electrons. The normalized spacial score (nSPS) is 11.3. The smallest absolute Gasteiger partial charge is 0.247 e. The van der Waals surface area contributed by atoms with Gasteiger partial charge >= 0.3 is 0 Å². The van der Waals surface area contributed by atoms with Crippen molar-refractivity contribution < 1.29 is 17.6 Å². The number of aryl methyl sites for hydroxylation is 1. The number of hydrogen-bond acceptors (Lipinski definition) is 3. The van der Waals surface area contributed by atoms with Crippen LogP contribution in [-0.4, -0.2) is 15.0 Å². The molecule has 8 heteroatoms. The standard InChI is InChI=1S/C41H22F4N4/c1-22-21-29-40(49-39(25-13-7-4-8-14-25)38(48-29)24-11-5-3-6-12-24)32-27-15-9-10-16-28(27)47-37(30(22)32)26-19-17-23(18-20-26)31-33(42)35(44)41(46-2)36(45)34(31)43/h3-21H,1H3. The molecule has 0 aliphatic heterocycles. The van der Waals surface area contributed by atoms with Crippen LogP contribution in [0.3, 0.4) is 0 Å². The van der Waals surface area contributed by atoms with E-state index in [0.717, 1.165) is 44.2 Å². The van der Waals surface area contributed by atoms with Crippen LogP contribution in [0.15, 0.2) is 115 Å². The van der Waals surface area contributed by atoms with Gasteiger partial charge in [-0.25, -0.2) is 37.4 Å². The summed E-state index contributed by atoms with van der Waals surface area (Å²) in [5, 5.41) is 2.54. The lowest BCUT2D eigenvalue weighted by Gasteiger charge is -2.17. The SMILES string of the molecule is [C-]#[N+]c1c(F)c(F)c(-c2ccc(-c3nc4ccccc4c4c3c(C)cc3nc(-c5ccccc5)c(-c5ccccc5)nc34)cc2)c(F)c1F. The minimum atomic E-state index is -1.73. The molecule has 0 aliphatic rings.